The number of hydrogen-bond donors (Lipinski definition) is 1. The molecule has 0 bridgehead atoms. The first-order valence-corrected chi connectivity index (χ1v) is 7.67. The maximum absolute atomic E-state index is 12.4. The second-order valence-electron chi connectivity index (χ2n) is 4.19. The molecule has 0 radical (unpaired) electrons. The molecule has 1 N–H and O–H groups in total. The van der Waals surface area contributed by atoms with E-state index in [1.807, 2.05) is 0 Å². The molecule has 1 saturated heterocycles. The van der Waals surface area contributed by atoms with E-state index in [0.717, 1.165) is 12.8 Å². The highest BCUT2D eigenvalue weighted by atomic mass is 35.5. The van der Waals surface area contributed by atoms with Crippen molar-refractivity contribution in [1.82, 2.24) is 5.32 Å². The third kappa shape index (κ3) is 3.25. The summed E-state index contributed by atoms with van der Waals surface area (Å²) >= 11 is 11.7. The molecule has 0 aliphatic carbocycles. The zero-order valence-corrected chi connectivity index (χ0v) is 11.9. The Balaban J connectivity index is 2.19. The van der Waals surface area contributed by atoms with Gasteiger partial charge >= 0.3 is 0 Å². The van der Waals surface area contributed by atoms with E-state index < -0.39 is 10.8 Å². The van der Waals surface area contributed by atoms with Crippen molar-refractivity contribution in [2.24, 2.45) is 0 Å². The fourth-order valence-corrected chi connectivity index (χ4v) is 3.78. The topological polar surface area (TPSA) is 46.2 Å². The zero-order chi connectivity index (χ0) is 13.1. The van der Waals surface area contributed by atoms with Crippen LogP contribution in [-0.4, -0.2) is 21.9 Å². The van der Waals surface area contributed by atoms with Crippen molar-refractivity contribution in [2.45, 2.75) is 29.4 Å². The molecule has 1 amide bonds. The minimum Gasteiger partial charge on any atom is -0.356 e. The number of halogens is 2. The van der Waals surface area contributed by atoms with Gasteiger partial charge in [-0.3, -0.25) is 9.00 Å². The summed E-state index contributed by atoms with van der Waals surface area (Å²) in [6.07, 6.45) is 1.92. The van der Waals surface area contributed by atoms with E-state index in [2.05, 4.69) is 5.32 Å². The molecule has 1 aromatic carbocycles. The summed E-state index contributed by atoms with van der Waals surface area (Å²) in [5.41, 5.74) is 0. The van der Waals surface area contributed by atoms with E-state index in [-0.39, 0.29) is 11.2 Å². The number of hydrogen-bond acceptors (Lipinski definition) is 2. The lowest BCUT2D eigenvalue weighted by Gasteiger charge is -2.13. The fourth-order valence-electron chi connectivity index (χ4n) is 1.92. The molecule has 1 heterocycles. The SMILES string of the molecule is O=C1CC(S(=O)c2ccc(Cl)c(Cl)c2)CCCN1. The summed E-state index contributed by atoms with van der Waals surface area (Å²) in [5.74, 6) is -0.0362. The molecule has 98 valence electrons. The molecule has 1 aromatic rings. The van der Waals surface area contributed by atoms with Crippen LogP contribution in [0.25, 0.3) is 0 Å². The Morgan fingerprint density at radius 2 is 2.06 bits per heavy atom. The van der Waals surface area contributed by atoms with Crippen LogP contribution in [0.2, 0.25) is 10.0 Å². The Kier molecular flexibility index (Phi) is 4.65. The predicted octanol–water partition coefficient (Wildman–Crippen LogP) is 2.77. The van der Waals surface area contributed by atoms with Crippen LogP contribution < -0.4 is 5.32 Å². The average Bonchev–Trinajstić information content (AvgIpc) is 2.56. The van der Waals surface area contributed by atoms with Crippen molar-refractivity contribution in [2.75, 3.05) is 6.54 Å². The summed E-state index contributed by atoms with van der Waals surface area (Å²) < 4.78 is 12.4. The van der Waals surface area contributed by atoms with Crippen molar-refractivity contribution < 1.29 is 9.00 Å². The van der Waals surface area contributed by atoms with E-state index >= 15 is 0 Å². The Morgan fingerprint density at radius 3 is 2.78 bits per heavy atom. The smallest absolute Gasteiger partial charge is 0.221 e. The van der Waals surface area contributed by atoms with Gasteiger partial charge in [0.25, 0.3) is 0 Å². The number of amides is 1. The van der Waals surface area contributed by atoms with Crippen molar-refractivity contribution in [1.29, 1.82) is 0 Å². The molecular formula is C12H13Cl2NO2S. The third-order valence-electron chi connectivity index (χ3n) is 2.86. The van der Waals surface area contributed by atoms with Gasteiger partial charge in [-0.2, -0.15) is 0 Å². The van der Waals surface area contributed by atoms with Gasteiger partial charge in [0.1, 0.15) is 0 Å². The Labute approximate surface area is 118 Å². The molecule has 1 aliphatic rings. The van der Waals surface area contributed by atoms with E-state index in [1.54, 1.807) is 18.2 Å². The standard InChI is InChI=1S/C12H13Cl2NO2S/c13-10-4-3-9(6-11(10)14)18(17)8-2-1-5-15-12(16)7-8/h3-4,6,8H,1-2,5,7H2,(H,15,16). The molecule has 3 nitrogen and oxygen atoms in total. The van der Waals surface area contributed by atoms with E-state index in [0.29, 0.717) is 27.9 Å². The average molecular weight is 306 g/mol. The van der Waals surface area contributed by atoms with Crippen LogP contribution >= 0.6 is 23.2 Å². The van der Waals surface area contributed by atoms with Crippen molar-refractivity contribution in [3.8, 4) is 0 Å². The number of carbonyl (C=O) groups is 1. The van der Waals surface area contributed by atoms with Gasteiger partial charge in [0.15, 0.2) is 0 Å². The fraction of sp³-hybridized carbons (Fsp3) is 0.417. The van der Waals surface area contributed by atoms with Crippen molar-refractivity contribution in [3.63, 3.8) is 0 Å². The number of rotatable bonds is 2. The minimum absolute atomic E-state index is 0.0362. The molecule has 2 rings (SSSR count). The van der Waals surface area contributed by atoms with Gasteiger partial charge in [-0.1, -0.05) is 23.2 Å². The van der Waals surface area contributed by atoms with Crippen LogP contribution in [0.4, 0.5) is 0 Å². The quantitative estimate of drug-likeness (QED) is 0.913. The first-order chi connectivity index (χ1) is 8.58. The van der Waals surface area contributed by atoms with Crippen LogP contribution in [0, 0.1) is 0 Å². The van der Waals surface area contributed by atoms with Crippen LogP contribution in [0.15, 0.2) is 23.1 Å². The maximum atomic E-state index is 12.4. The van der Waals surface area contributed by atoms with E-state index in [9.17, 15) is 9.00 Å². The summed E-state index contributed by atoms with van der Waals surface area (Å²) in [6.45, 7) is 0.661. The monoisotopic (exact) mass is 305 g/mol. The van der Waals surface area contributed by atoms with Crippen LogP contribution in [0.5, 0.6) is 0 Å². The summed E-state index contributed by atoms with van der Waals surface area (Å²) in [4.78, 5) is 12.1. The van der Waals surface area contributed by atoms with E-state index in [4.69, 9.17) is 23.2 Å². The largest absolute Gasteiger partial charge is 0.356 e. The number of nitrogens with one attached hydrogen (secondary N) is 1. The van der Waals surface area contributed by atoms with Gasteiger partial charge in [-0.15, -0.1) is 0 Å². The summed E-state index contributed by atoms with van der Waals surface area (Å²) in [5, 5.41) is 3.46. The lowest BCUT2D eigenvalue weighted by Crippen LogP contribution is -2.25. The molecule has 0 saturated carbocycles. The van der Waals surface area contributed by atoms with Gasteiger partial charge in [0.2, 0.25) is 5.91 Å². The van der Waals surface area contributed by atoms with Gasteiger partial charge in [-0.05, 0) is 31.0 Å². The van der Waals surface area contributed by atoms with Gasteiger partial charge in [0, 0.05) is 23.1 Å². The first-order valence-electron chi connectivity index (χ1n) is 5.70. The molecule has 6 heteroatoms. The molecule has 1 fully saturated rings. The number of carbonyl (C=O) groups excluding carboxylic acids is 1. The summed E-state index contributed by atoms with van der Waals surface area (Å²) in [7, 11) is -1.22. The van der Waals surface area contributed by atoms with Crippen LogP contribution in [-0.2, 0) is 15.6 Å². The van der Waals surface area contributed by atoms with Gasteiger partial charge < -0.3 is 5.32 Å². The highest BCUT2D eigenvalue weighted by Gasteiger charge is 2.24. The van der Waals surface area contributed by atoms with Crippen molar-refractivity contribution in [3.05, 3.63) is 28.2 Å². The molecular weight excluding hydrogens is 293 g/mol. The second-order valence-corrected chi connectivity index (χ2v) is 6.74. The molecule has 2 unspecified atom stereocenters. The zero-order valence-electron chi connectivity index (χ0n) is 9.62. The molecule has 18 heavy (non-hydrogen) atoms. The molecule has 2 atom stereocenters. The lowest BCUT2D eigenvalue weighted by molar-refractivity contribution is -0.120. The highest BCUT2D eigenvalue weighted by molar-refractivity contribution is 7.85. The van der Waals surface area contributed by atoms with Gasteiger partial charge in [0.05, 0.1) is 20.8 Å². The predicted molar refractivity (Wildman–Crippen MR) is 73.5 cm³/mol. The highest BCUT2D eigenvalue weighted by Crippen LogP contribution is 2.27. The second kappa shape index (κ2) is 6.04. The minimum atomic E-state index is -1.22. The molecule has 1 aliphatic heterocycles. The summed E-state index contributed by atoms with van der Waals surface area (Å²) in [6, 6.07) is 4.95. The van der Waals surface area contributed by atoms with Gasteiger partial charge in [-0.25, -0.2) is 0 Å². The maximum Gasteiger partial charge on any atom is 0.221 e. The Bertz CT molecular complexity index is 493. The van der Waals surface area contributed by atoms with Crippen LogP contribution in [0.1, 0.15) is 19.3 Å². The van der Waals surface area contributed by atoms with Crippen molar-refractivity contribution >= 4 is 39.9 Å². The van der Waals surface area contributed by atoms with Crippen LogP contribution in [0.3, 0.4) is 0 Å². The first kappa shape index (κ1) is 13.8. The molecule has 0 aromatic heterocycles. The number of benzene rings is 1. The Hall–Kier alpha value is -0.580. The normalized spacial score (nSPS) is 22.1. The molecule has 0 spiro atoms. The lowest BCUT2D eigenvalue weighted by atomic mass is 10.2. The Morgan fingerprint density at radius 1 is 1.28 bits per heavy atom. The third-order valence-corrected chi connectivity index (χ3v) is 5.33. The van der Waals surface area contributed by atoms with E-state index in [1.165, 1.54) is 0 Å².